The lowest BCUT2D eigenvalue weighted by Crippen LogP contribution is -2.13. The summed E-state index contributed by atoms with van der Waals surface area (Å²) in [4.78, 5) is 12.0. The number of nitrogens with two attached hydrogens (primary N) is 1. The highest BCUT2D eigenvalue weighted by Crippen LogP contribution is 2.45. The monoisotopic (exact) mass is 492 g/mol. The van der Waals surface area contributed by atoms with E-state index in [1.165, 1.54) is 31.9 Å². The Hall–Kier alpha value is -3.13. The van der Waals surface area contributed by atoms with Gasteiger partial charge in [-0.3, -0.25) is 4.98 Å². The van der Waals surface area contributed by atoms with Gasteiger partial charge in [0.05, 0.1) is 28.1 Å². The molecule has 9 nitrogen and oxygen atoms in total. The molecule has 3 N–H and O–H groups in total. The minimum Gasteiger partial charge on any atom is -0.496 e. The molecule has 3 rings (SSSR count). The molecule has 0 aliphatic carbocycles. The molecule has 3 aromatic rings. The molecule has 0 saturated heterocycles. The molecule has 0 amide bonds. The number of nitrogen functional groups attached to an aromatic ring is 1. The van der Waals surface area contributed by atoms with E-state index in [9.17, 15) is 13.7 Å². The van der Waals surface area contributed by atoms with E-state index in [0.29, 0.717) is 22.4 Å². The summed E-state index contributed by atoms with van der Waals surface area (Å²) >= 11 is 12.9. The SMILES string of the molecule is COc1c(C(C)Nc2ncnc(N)c2C#N)cc(Cl)c(Cl)c1-c1cncc(S(C)(=O)=O)c1. The Kier molecular flexibility index (Phi) is 6.74. The molecule has 1 aromatic carbocycles. The van der Waals surface area contributed by atoms with Crippen molar-refractivity contribution < 1.29 is 13.2 Å². The van der Waals surface area contributed by atoms with Gasteiger partial charge in [0.25, 0.3) is 0 Å². The number of ether oxygens (including phenoxy) is 1. The van der Waals surface area contributed by atoms with Crippen molar-refractivity contribution >= 4 is 44.7 Å². The second-order valence-electron chi connectivity index (χ2n) is 6.81. The van der Waals surface area contributed by atoms with Gasteiger partial charge in [0, 0.05) is 35.3 Å². The van der Waals surface area contributed by atoms with Crippen LogP contribution in [0.2, 0.25) is 10.0 Å². The molecule has 0 radical (unpaired) electrons. The molecule has 166 valence electrons. The van der Waals surface area contributed by atoms with Crippen LogP contribution in [0.1, 0.15) is 24.1 Å². The Morgan fingerprint density at radius 3 is 2.59 bits per heavy atom. The van der Waals surface area contributed by atoms with E-state index in [0.717, 1.165) is 6.26 Å². The molecule has 0 aliphatic rings. The first kappa shape index (κ1) is 23.5. The number of benzene rings is 1. The van der Waals surface area contributed by atoms with Gasteiger partial charge in [0.15, 0.2) is 9.84 Å². The van der Waals surface area contributed by atoms with Crippen LogP contribution in [0.5, 0.6) is 5.75 Å². The molecular weight excluding hydrogens is 475 g/mol. The third-order valence-electron chi connectivity index (χ3n) is 4.64. The van der Waals surface area contributed by atoms with E-state index >= 15 is 0 Å². The van der Waals surface area contributed by atoms with Crippen molar-refractivity contribution in [3.63, 3.8) is 0 Å². The number of aromatic nitrogens is 3. The van der Waals surface area contributed by atoms with Crippen molar-refractivity contribution in [2.45, 2.75) is 17.9 Å². The van der Waals surface area contributed by atoms with Crippen molar-refractivity contribution in [3.05, 3.63) is 52.0 Å². The zero-order chi connectivity index (χ0) is 23.6. The fraction of sp³-hybridized carbons (Fsp3) is 0.200. The Morgan fingerprint density at radius 1 is 1.25 bits per heavy atom. The molecule has 1 atom stereocenters. The molecule has 0 bridgehead atoms. The van der Waals surface area contributed by atoms with Gasteiger partial charge >= 0.3 is 0 Å². The second-order valence-corrected chi connectivity index (χ2v) is 9.61. The largest absolute Gasteiger partial charge is 0.496 e. The first-order valence-electron chi connectivity index (χ1n) is 9.07. The summed E-state index contributed by atoms with van der Waals surface area (Å²) in [6.45, 7) is 1.80. The third kappa shape index (κ3) is 4.55. The van der Waals surface area contributed by atoms with Crippen LogP contribution in [0.25, 0.3) is 11.1 Å². The average Bonchev–Trinajstić information content (AvgIpc) is 2.74. The number of nitrogens with zero attached hydrogens (tertiary/aromatic N) is 4. The van der Waals surface area contributed by atoms with Crippen LogP contribution >= 0.6 is 23.2 Å². The highest BCUT2D eigenvalue weighted by molar-refractivity contribution is 7.90. The number of hydrogen-bond donors (Lipinski definition) is 2. The number of methoxy groups -OCH3 is 1. The summed E-state index contributed by atoms with van der Waals surface area (Å²) in [6, 6.07) is 4.57. The molecule has 2 aromatic heterocycles. The van der Waals surface area contributed by atoms with Gasteiger partial charge < -0.3 is 15.8 Å². The lowest BCUT2D eigenvalue weighted by atomic mass is 9.98. The van der Waals surface area contributed by atoms with E-state index < -0.39 is 15.9 Å². The molecule has 0 aliphatic heterocycles. The molecule has 0 fully saturated rings. The van der Waals surface area contributed by atoms with Gasteiger partial charge in [-0.05, 0) is 19.1 Å². The molecule has 0 spiro atoms. The minimum atomic E-state index is -3.50. The highest BCUT2D eigenvalue weighted by atomic mass is 35.5. The van der Waals surface area contributed by atoms with Crippen LogP contribution in [0.3, 0.4) is 0 Å². The van der Waals surface area contributed by atoms with Gasteiger partial charge in [0.1, 0.15) is 35.3 Å². The fourth-order valence-corrected chi connectivity index (χ4v) is 4.14. The predicted molar refractivity (Wildman–Crippen MR) is 123 cm³/mol. The zero-order valence-corrected chi connectivity index (χ0v) is 19.5. The third-order valence-corrected chi connectivity index (χ3v) is 6.51. The van der Waals surface area contributed by atoms with Crippen LogP contribution in [-0.2, 0) is 9.84 Å². The summed E-state index contributed by atoms with van der Waals surface area (Å²) in [7, 11) is -2.05. The van der Waals surface area contributed by atoms with Gasteiger partial charge in [-0.1, -0.05) is 23.2 Å². The van der Waals surface area contributed by atoms with Crippen LogP contribution in [0.4, 0.5) is 11.6 Å². The van der Waals surface area contributed by atoms with Gasteiger partial charge in [-0.15, -0.1) is 0 Å². The number of hydrogen-bond acceptors (Lipinski definition) is 9. The maximum Gasteiger partial charge on any atom is 0.177 e. The predicted octanol–water partition coefficient (Wildman–Crippen LogP) is 3.88. The maximum absolute atomic E-state index is 12.0. The van der Waals surface area contributed by atoms with Crippen molar-refractivity contribution in [1.82, 2.24) is 15.0 Å². The quantitative estimate of drug-likeness (QED) is 0.523. The molecule has 12 heteroatoms. The normalized spacial score (nSPS) is 12.1. The second kappa shape index (κ2) is 9.16. The first-order valence-corrected chi connectivity index (χ1v) is 11.7. The van der Waals surface area contributed by atoms with Gasteiger partial charge in [-0.25, -0.2) is 18.4 Å². The Bertz CT molecular complexity index is 1340. The Balaban J connectivity index is 2.17. The van der Waals surface area contributed by atoms with E-state index in [1.54, 1.807) is 13.0 Å². The Labute approximate surface area is 195 Å². The number of rotatable bonds is 6. The number of nitrogens with one attached hydrogen (secondary N) is 1. The summed E-state index contributed by atoms with van der Waals surface area (Å²) in [5.74, 6) is 0.637. The van der Waals surface area contributed by atoms with E-state index in [4.69, 9.17) is 33.7 Å². The number of pyridine rings is 1. The van der Waals surface area contributed by atoms with Gasteiger partial charge in [-0.2, -0.15) is 5.26 Å². The van der Waals surface area contributed by atoms with Crippen LogP contribution in [0, 0.1) is 11.3 Å². The minimum absolute atomic E-state index is 0.0240. The van der Waals surface area contributed by atoms with Crippen molar-refractivity contribution in [3.8, 4) is 22.9 Å². The number of halogens is 2. The molecule has 1 unspecified atom stereocenters. The lowest BCUT2D eigenvalue weighted by molar-refractivity contribution is 0.409. The van der Waals surface area contributed by atoms with Crippen LogP contribution < -0.4 is 15.8 Å². The van der Waals surface area contributed by atoms with Crippen LogP contribution in [0.15, 0.2) is 35.7 Å². The number of nitriles is 1. The first-order chi connectivity index (χ1) is 15.1. The smallest absolute Gasteiger partial charge is 0.177 e. The fourth-order valence-electron chi connectivity index (χ4n) is 3.09. The van der Waals surface area contributed by atoms with E-state index in [1.807, 2.05) is 6.07 Å². The van der Waals surface area contributed by atoms with Crippen molar-refractivity contribution in [2.24, 2.45) is 0 Å². The summed E-state index contributed by atoms with van der Waals surface area (Å²) < 4.78 is 29.6. The van der Waals surface area contributed by atoms with Crippen LogP contribution in [-0.4, -0.2) is 36.7 Å². The van der Waals surface area contributed by atoms with E-state index in [-0.39, 0.29) is 32.1 Å². The number of sulfone groups is 1. The summed E-state index contributed by atoms with van der Waals surface area (Å²) in [5, 5.41) is 12.9. The highest BCUT2D eigenvalue weighted by Gasteiger charge is 2.24. The maximum atomic E-state index is 12.0. The van der Waals surface area contributed by atoms with Crippen molar-refractivity contribution in [1.29, 1.82) is 5.26 Å². The molecule has 2 heterocycles. The van der Waals surface area contributed by atoms with E-state index in [2.05, 4.69) is 20.3 Å². The molecular formula is C20H18Cl2N6O3S. The lowest BCUT2D eigenvalue weighted by Gasteiger charge is -2.22. The van der Waals surface area contributed by atoms with Gasteiger partial charge in [0.2, 0.25) is 0 Å². The average molecular weight is 493 g/mol. The summed E-state index contributed by atoms with van der Waals surface area (Å²) in [5.41, 5.74) is 7.24. The standard InChI is InChI=1S/C20H18Cl2N6O3S/c1-10(28-20-14(6-23)19(24)26-9-27-20)13-5-15(21)17(22)16(18(13)31-2)11-4-12(8-25-7-11)32(3,29)30/h4-5,7-10H,1-3H3,(H3,24,26,27,28). The molecule has 32 heavy (non-hydrogen) atoms. The molecule has 0 saturated carbocycles. The topological polar surface area (TPSA) is 144 Å². The van der Waals surface area contributed by atoms with Crippen molar-refractivity contribution in [2.75, 3.05) is 24.4 Å². The zero-order valence-electron chi connectivity index (χ0n) is 17.2. The Morgan fingerprint density at radius 2 is 1.97 bits per heavy atom. The summed E-state index contributed by atoms with van der Waals surface area (Å²) in [6.07, 6.45) is 5.04. The number of anilines is 2.